The van der Waals surface area contributed by atoms with Gasteiger partial charge in [-0.3, -0.25) is 9.59 Å². The lowest BCUT2D eigenvalue weighted by Crippen LogP contribution is -2.29. The van der Waals surface area contributed by atoms with Crippen LogP contribution in [0.5, 0.6) is 0 Å². The normalized spacial score (nSPS) is 23.9. The quantitative estimate of drug-likeness (QED) is 0.892. The van der Waals surface area contributed by atoms with Gasteiger partial charge in [0.05, 0.1) is 5.92 Å². The summed E-state index contributed by atoms with van der Waals surface area (Å²) in [5.74, 6) is -1.19. The molecule has 3 nitrogen and oxygen atoms in total. The van der Waals surface area contributed by atoms with Crippen molar-refractivity contribution in [2.24, 2.45) is 5.92 Å². The maximum atomic E-state index is 11.5. The standard InChI is InChI=1S/C15H18O3/c1-2-10-3-5-11(6-4-10)14-9-12(16)7-8-13(14)15(17)18/h3-6,13-14H,2,7-9H2,1H3,(H,17,18). The first-order valence-electron chi connectivity index (χ1n) is 6.45. The third-order valence-corrected chi connectivity index (χ3v) is 3.80. The Bertz CT molecular complexity index is 447. The predicted molar refractivity (Wildman–Crippen MR) is 68.5 cm³/mol. The topological polar surface area (TPSA) is 54.4 Å². The Morgan fingerprint density at radius 2 is 2.00 bits per heavy atom. The second-order valence-electron chi connectivity index (χ2n) is 4.93. The van der Waals surface area contributed by atoms with Crippen molar-refractivity contribution in [3.8, 4) is 0 Å². The molecule has 0 spiro atoms. The molecule has 1 saturated carbocycles. The van der Waals surface area contributed by atoms with Crippen molar-refractivity contribution in [3.63, 3.8) is 0 Å². The van der Waals surface area contributed by atoms with Crippen molar-refractivity contribution in [2.75, 3.05) is 0 Å². The Kier molecular flexibility index (Phi) is 3.80. The molecule has 1 aliphatic rings. The fourth-order valence-corrected chi connectivity index (χ4v) is 2.65. The van der Waals surface area contributed by atoms with Crippen LogP contribution in [-0.2, 0) is 16.0 Å². The average molecular weight is 246 g/mol. The molecule has 3 heteroatoms. The van der Waals surface area contributed by atoms with Gasteiger partial charge in [-0.15, -0.1) is 0 Å². The average Bonchev–Trinajstić information content (AvgIpc) is 2.38. The number of carboxylic acid groups (broad SMARTS) is 1. The minimum Gasteiger partial charge on any atom is -0.481 e. The first-order valence-corrected chi connectivity index (χ1v) is 6.45. The summed E-state index contributed by atoms with van der Waals surface area (Å²) < 4.78 is 0. The van der Waals surface area contributed by atoms with Crippen molar-refractivity contribution in [3.05, 3.63) is 35.4 Å². The Balaban J connectivity index is 2.25. The van der Waals surface area contributed by atoms with E-state index in [1.165, 1.54) is 5.56 Å². The lowest BCUT2D eigenvalue weighted by molar-refractivity contribution is -0.144. The van der Waals surface area contributed by atoms with Crippen LogP contribution in [0.2, 0.25) is 0 Å². The molecule has 2 atom stereocenters. The molecular weight excluding hydrogens is 228 g/mol. The summed E-state index contributed by atoms with van der Waals surface area (Å²) in [6.07, 6.45) is 2.20. The predicted octanol–water partition coefficient (Wildman–Crippen LogP) is 2.79. The molecule has 0 aliphatic heterocycles. The molecule has 1 fully saturated rings. The fourth-order valence-electron chi connectivity index (χ4n) is 2.65. The van der Waals surface area contributed by atoms with Crippen molar-refractivity contribution in [1.82, 2.24) is 0 Å². The molecule has 0 aromatic heterocycles. The zero-order valence-corrected chi connectivity index (χ0v) is 10.6. The van der Waals surface area contributed by atoms with Crippen LogP contribution < -0.4 is 0 Å². The van der Waals surface area contributed by atoms with Crippen LogP contribution in [0.1, 0.15) is 43.2 Å². The Labute approximate surface area is 107 Å². The van der Waals surface area contributed by atoms with Gasteiger partial charge in [0.1, 0.15) is 5.78 Å². The lowest BCUT2D eigenvalue weighted by Gasteiger charge is -2.28. The molecule has 1 aromatic rings. The van der Waals surface area contributed by atoms with E-state index < -0.39 is 11.9 Å². The van der Waals surface area contributed by atoms with Crippen LogP contribution in [0.3, 0.4) is 0 Å². The van der Waals surface area contributed by atoms with Crippen LogP contribution in [0.25, 0.3) is 0 Å². The molecule has 18 heavy (non-hydrogen) atoms. The van der Waals surface area contributed by atoms with Crippen LogP contribution >= 0.6 is 0 Å². The van der Waals surface area contributed by atoms with Gasteiger partial charge in [0.15, 0.2) is 0 Å². The summed E-state index contributed by atoms with van der Waals surface area (Å²) in [7, 11) is 0. The molecule has 0 heterocycles. The highest BCUT2D eigenvalue weighted by atomic mass is 16.4. The molecule has 0 amide bonds. The molecule has 1 aliphatic carbocycles. The van der Waals surface area contributed by atoms with Crippen molar-refractivity contribution in [2.45, 2.75) is 38.5 Å². The van der Waals surface area contributed by atoms with E-state index in [0.717, 1.165) is 12.0 Å². The van der Waals surface area contributed by atoms with E-state index in [1.54, 1.807) is 0 Å². The van der Waals surface area contributed by atoms with Gasteiger partial charge < -0.3 is 5.11 Å². The molecule has 96 valence electrons. The maximum Gasteiger partial charge on any atom is 0.307 e. The molecule has 0 bridgehead atoms. The number of carbonyl (C=O) groups excluding carboxylic acids is 1. The van der Waals surface area contributed by atoms with Crippen LogP contribution in [0, 0.1) is 5.92 Å². The van der Waals surface area contributed by atoms with Gasteiger partial charge in [0.25, 0.3) is 0 Å². The number of rotatable bonds is 3. The van der Waals surface area contributed by atoms with E-state index in [-0.39, 0.29) is 11.7 Å². The van der Waals surface area contributed by atoms with Gasteiger partial charge in [-0.1, -0.05) is 31.2 Å². The summed E-state index contributed by atoms with van der Waals surface area (Å²) >= 11 is 0. The van der Waals surface area contributed by atoms with Gasteiger partial charge in [-0.05, 0) is 24.0 Å². The zero-order valence-electron chi connectivity index (χ0n) is 10.6. The molecule has 2 rings (SSSR count). The maximum absolute atomic E-state index is 11.5. The molecular formula is C15H18O3. The number of hydrogen-bond acceptors (Lipinski definition) is 2. The highest BCUT2D eigenvalue weighted by Gasteiger charge is 2.35. The Hall–Kier alpha value is -1.64. The van der Waals surface area contributed by atoms with E-state index in [4.69, 9.17) is 0 Å². The van der Waals surface area contributed by atoms with Crippen LogP contribution in [0.4, 0.5) is 0 Å². The molecule has 0 saturated heterocycles. The van der Waals surface area contributed by atoms with E-state index in [2.05, 4.69) is 6.92 Å². The minimum absolute atomic E-state index is 0.158. The monoisotopic (exact) mass is 246 g/mol. The summed E-state index contributed by atoms with van der Waals surface area (Å²) in [4.78, 5) is 22.8. The van der Waals surface area contributed by atoms with Crippen LogP contribution in [0.15, 0.2) is 24.3 Å². The number of carboxylic acids is 1. The van der Waals surface area contributed by atoms with Gasteiger partial charge in [0, 0.05) is 18.8 Å². The smallest absolute Gasteiger partial charge is 0.307 e. The Morgan fingerprint density at radius 1 is 1.33 bits per heavy atom. The molecule has 1 aromatic carbocycles. The number of benzene rings is 1. The van der Waals surface area contributed by atoms with Gasteiger partial charge >= 0.3 is 5.97 Å². The first kappa shape index (κ1) is 12.8. The molecule has 2 unspecified atom stereocenters. The lowest BCUT2D eigenvalue weighted by atomic mass is 9.75. The van der Waals surface area contributed by atoms with E-state index in [9.17, 15) is 14.7 Å². The van der Waals surface area contributed by atoms with E-state index >= 15 is 0 Å². The van der Waals surface area contributed by atoms with Crippen LogP contribution in [-0.4, -0.2) is 16.9 Å². The number of carbonyl (C=O) groups is 2. The summed E-state index contributed by atoms with van der Waals surface area (Å²) in [6.45, 7) is 2.08. The van der Waals surface area contributed by atoms with E-state index in [1.807, 2.05) is 24.3 Å². The summed E-state index contributed by atoms with van der Waals surface area (Å²) in [5.41, 5.74) is 2.21. The van der Waals surface area contributed by atoms with Crippen molar-refractivity contribution >= 4 is 11.8 Å². The third-order valence-electron chi connectivity index (χ3n) is 3.80. The highest BCUT2D eigenvalue weighted by molar-refractivity contribution is 5.83. The summed E-state index contributed by atoms with van der Waals surface area (Å²) in [6, 6.07) is 7.98. The first-order chi connectivity index (χ1) is 8.61. The molecule has 0 radical (unpaired) electrons. The van der Waals surface area contributed by atoms with Gasteiger partial charge in [0.2, 0.25) is 0 Å². The number of aryl methyl sites for hydroxylation is 1. The van der Waals surface area contributed by atoms with Crippen molar-refractivity contribution < 1.29 is 14.7 Å². The number of ketones is 1. The Morgan fingerprint density at radius 3 is 2.56 bits per heavy atom. The second-order valence-corrected chi connectivity index (χ2v) is 4.93. The molecule has 1 N–H and O–H groups in total. The number of aliphatic carboxylic acids is 1. The van der Waals surface area contributed by atoms with Crippen molar-refractivity contribution in [1.29, 1.82) is 0 Å². The van der Waals surface area contributed by atoms with E-state index in [0.29, 0.717) is 19.3 Å². The fraction of sp³-hybridized carbons (Fsp3) is 0.467. The number of Topliss-reactive ketones (excluding diaryl/α,β-unsaturated/α-hetero) is 1. The highest BCUT2D eigenvalue weighted by Crippen LogP contribution is 2.36. The van der Waals surface area contributed by atoms with Gasteiger partial charge in [-0.25, -0.2) is 0 Å². The second kappa shape index (κ2) is 5.34. The SMILES string of the molecule is CCc1ccc(C2CC(=O)CCC2C(=O)O)cc1. The minimum atomic E-state index is -0.785. The third kappa shape index (κ3) is 2.61. The summed E-state index contributed by atoms with van der Waals surface area (Å²) in [5, 5.41) is 9.25. The largest absolute Gasteiger partial charge is 0.481 e. The number of hydrogen-bond donors (Lipinski definition) is 1. The van der Waals surface area contributed by atoms with Gasteiger partial charge in [-0.2, -0.15) is 0 Å². The zero-order chi connectivity index (χ0) is 13.1.